The van der Waals surface area contributed by atoms with Crippen LogP contribution in [-0.2, 0) is 30.1 Å². The van der Waals surface area contributed by atoms with E-state index in [9.17, 15) is 42.9 Å². The van der Waals surface area contributed by atoms with Gasteiger partial charge >= 0.3 is 18.1 Å². The van der Waals surface area contributed by atoms with Crippen LogP contribution in [0, 0.1) is 11.8 Å². The maximum atomic E-state index is 13.0. The van der Waals surface area contributed by atoms with Gasteiger partial charge in [-0.25, -0.2) is 9.59 Å². The summed E-state index contributed by atoms with van der Waals surface area (Å²) in [4.78, 5) is 41.6. The maximum Gasteiger partial charge on any atom is 0.416 e. The Hall–Kier alpha value is -4.82. The fourth-order valence-electron chi connectivity index (χ4n) is 5.89. The zero-order chi connectivity index (χ0) is 42.7. The van der Waals surface area contributed by atoms with Crippen LogP contribution in [0.25, 0.3) is 6.08 Å². The summed E-state index contributed by atoms with van der Waals surface area (Å²) in [5.41, 5.74) is -0.322. The van der Waals surface area contributed by atoms with Gasteiger partial charge in [0.25, 0.3) is 0 Å². The molecule has 1 fully saturated rings. The number of ether oxygens (including phenoxy) is 4. The van der Waals surface area contributed by atoms with Crippen LogP contribution in [0.3, 0.4) is 0 Å². The van der Waals surface area contributed by atoms with Gasteiger partial charge in [0.1, 0.15) is 24.5 Å². The van der Waals surface area contributed by atoms with Crippen LogP contribution >= 0.6 is 0 Å². The number of methoxy groups -OCH3 is 1. The molecular weight excluding hydrogens is 773 g/mol. The number of allylic oxidation sites excluding steroid dienone is 2. The third kappa shape index (κ3) is 17.0. The van der Waals surface area contributed by atoms with Crippen molar-refractivity contribution in [3.8, 4) is 17.2 Å². The average molecular weight is 825 g/mol. The highest BCUT2D eigenvalue weighted by molar-refractivity contribution is 5.87. The number of amides is 1. The zero-order valence-electron chi connectivity index (χ0n) is 32.1. The number of nitrogens with zero attached hydrogens (tertiary/aromatic N) is 1. The molecule has 0 radical (unpaired) electrons. The molecule has 1 aliphatic carbocycles. The molecule has 0 aromatic heterocycles. The minimum atomic E-state index is -4.53. The number of aliphatic hydroxyl groups is 3. The van der Waals surface area contributed by atoms with Crippen LogP contribution in [0.4, 0.5) is 13.2 Å². The molecule has 6 atom stereocenters. The highest BCUT2D eigenvalue weighted by Crippen LogP contribution is 2.37. The minimum Gasteiger partial charge on any atom is -0.493 e. The van der Waals surface area contributed by atoms with Gasteiger partial charge in [-0.1, -0.05) is 36.4 Å². The van der Waals surface area contributed by atoms with Gasteiger partial charge in [0.2, 0.25) is 5.91 Å². The van der Waals surface area contributed by atoms with Crippen molar-refractivity contribution in [1.82, 2.24) is 10.7 Å². The lowest BCUT2D eigenvalue weighted by Gasteiger charge is -2.19. The molecule has 2 aromatic rings. The Morgan fingerprint density at radius 3 is 2.48 bits per heavy atom. The van der Waals surface area contributed by atoms with Gasteiger partial charge in [0.15, 0.2) is 11.5 Å². The molecule has 320 valence electrons. The molecule has 0 aliphatic heterocycles. The fourth-order valence-corrected chi connectivity index (χ4v) is 5.89. The largest absolute Gasteiger partial charge is 0.493 e. The van der Waals surface area contributed by atoms with Crippen LogP contribution in [0.5, 0.6) is 17.2 Å². The lowest BCUT2D eigenvalue weighted by molar-refractivity contribution is -0.492. The third-order valence-electron chi connectivity index (χ3n) is 8.93. The quantitative estimate of drug-likeness (QED) is 0.0219. The molecule has 1 unspecified atom stereocenters. The normalized spacial score (nSPS) is 19.5. The number of benzene rings is 2. The van der Waals surface area contributed by atoms with Crippen LogP contribution < -0.4 is 19.5 Å². The van der Waals surface area contributed by atoms with Gasteiger partial charge in [0, 0.05) is 24.8 Å². The fraction of sp³-hybridized carbons (Fsp3) is 0.475. The molecule has 58 heavy (non-hydrogen) atoms. The molecule has 1 amide bonds. The van der Waals surface area contributed by atoms with Gasteiger partial charge in [-0.3, -0.25) is 20.0 Å². The number of alkyl halides is 3. The van der Waals surface area contributed by atoms with E-state index in [0.29, 0.717) is 37.7 Å². The molecule has 6 N–H and O–H groups in total. The van der Waals surface area contributed by atoms with Crippen molar-refractivity contribution in [2.24, 2.45) is 11.8 Å². The summed E-state index contributed by atoms with van der Waals surface area (Å²) >= 11 is 0. The second-order valence-corrected chi connectivity index (χ2v) is 13.4. The number of hydrogen-bond acceptors (Lipinski definition) is 14. The maximum absolute atomic E-state index is 13.0. The Bertz CT molecular complexity index is 1700. The molecular formula is C40H51F3N2O13. The van der Waals surface area contributed by atoms with Gasteiger partial charge in [-0.05, 0) is 86.9 Å². The van der Waals surface area contributed by atoms with Crippen molar-refractivity contribution < 1.29 is 77.1 Å². The third-order valence-corrected chi connectivity index (χ3v) is 8.93. The summed E-state index contributed by atoms with van der Waals surface area (Å²) in [5, 5.41) is 50.5. The molecule has 0 spiro atoms. The van der Waals surface area contributed by atoms with E-state index in [1.54, 1.807) is 18.2 Å². The van der Waals surface area contributed by atoms with Crippen molar-refractivity contribution >= 4 is 23.9 Å². The molecule has 0 saturated heterocycles. The second-order valence-electron chi connectivity index (χ2n) is 13.4. The molecule has 1 aliphatic rings. The first-order valence-electron chi connectivity index (χ1n) is 18.6. The first-order chi connectivity index (χ1) is 27.6. The van der Waals surface area contributed by atoms with E-state index >= 15 is 0 Å². The van der Waals surface area contributed by atoms with E-state index < -0.39 is 59.3 Å². The van der Waals surface area contributed by atoms with Crippen molar-refractivity contribution in [3.63, 3.8) is 0 Å². The van der Waals surface area contributed by atoms with Crippen LogP contribution in [0.1, 0.15) is 63.0 Å². The summed E-state index contributed by atoms with van der Waals surface area (Å²) in [6.07, 6.45) is 4.47. The number of carbonyl (C=O) groups excluding carboxylic acids is 3. The zero-order valence-corrected chi connectivity index (χ0v) is 32.1. The van der Waals surface area contributed by atoms with Gasteiger partial charge in [0.05, 0.1) is 43.5 Å². The van der Waals surface area contributed by atoms with E-state index in [1.165, 1.54) is 50.5 Å². The van der Waals surface area contributed by atoms with E-state index in [-0.39, 0.29) is 61.7 Å². The predicted octanol–water partition coefficient (Wildman–Crippen LogP) is 4.94. The summed E-state index contributed by atoms with van der Waals surface area (Å²) in [6.45, 7) is 1.29. The average Bonchev–Trinajstić information content (AvgIpc) is 3.45. The second kappa shape index (κ2) is 24.2. The first kappa shape index (κ1) is 47.6. The standard InChI is InChI=1S/C40H51F3N2O13/c1-26(39(51)58-35-18-14-27(22-36(35)54-2)15-19-38(50)55-20-7-8-21-57-45(52)53)44-37(49)13-6-4-3-5-12-31-32(34(48)24-33(31)47)17-16-29(46)25-56-30-11-9-10-28(23-30)40(41,42)43/h3,5,9-11,14-19,22-23,26,29,31-34,46-48,52-53H,4,6-8,12-13,20-21,24-25H2,1-2H3,(H,44,49)/b5-3-,17-16+,19-15+/t26?,29-,31-,32-,33+,34-/m1/s1. The summed E-state index contributed by atoms with van der Waals surface area (Å²) < 4.78 is 60.0. The van der Waals surface area contributed by atoms with Crippen molar-refractivity contribution in [1.29, 1.82) is 0 Å². The lowest BCUT2D eigenvalue weighted by atomic mass is 9.89. The Balaban J connectivity index is 1.37. The first-order valence-corrected chi connectivity index (χ1v) is 18.6. The number of unbranched alkanes of at least 4 members (excludes halogenated alkanes) is 2. The molecule has 0 heterocycles. The molecule has 18 heteroatoms. The lowest BCUT2D eigenvalue weighted by Crippen LogP contribution is -2.40. The Morgan fingerprint density at radius 2 is 1.76 bits per heavy atom. The van der Waals surface area contributed by atoms with Crippen LogP contribution in [0.2, 0.25) is 0 Å². The van der Waals surface area contributed by atoms with E-state index in [2.05, 4.69) is 10.2 Å². The molecule has 1 saturated carbocycles. The van der Waals surface area contributed by atoms with E-state index in [0.717, 1.165) is 12.1 Å². The Kier molecular flexibility index (Phi) is 19.8. The highest BCUT2D eigenvalue weighted by Gasteiger charge is 2.39. The molecule has 2 aromatic carbocycles. The minimum absolute atomic E-state index is 0.0311. The summed E-state index contributed by atoms with van der Waals surface area (Å²) in [5.74, 6) is -2.30. The van der Waals surface area contributed by atoms with E-state index in [1.807, 2.05) is 12.2 Å². The van der Waals surface area contributed by atoms with Crippen LogP contribution in [0.15, 0.2) is 72.8 Å². The Morgan fingerprint density at radius 1 is 1.00 bits per heavy atom. The summed E-state index contributed by atoms with van der Waals surface area (Å²) in [7, 11) is 1.38. The number of carbonyl (C=O) groups is 3. The highest BCUT2D eigenvalue weighted by atomic mass is 19.4. The molecule has 3 rings (SSSR count). The van der Waals surface area contributed by atoms with Gasteiger partial charge in [-0.15, -0.1) is 0 Å². The number of rotatable bonds is 23. The topological polar surface area (TPSA) is 214 Å². The monoisotopic (exact) mass is 824 g/mol. The van der Waals surface area contributed by atoms with Crippen LogP contribution in [-0.4, -0.2) is 100 Å². The smallest absolute Gasteiger partial charge is 0.416 e. The predicted molar refractivity (Wildman–Crippen MR) is 200 cm³/mol. The van der Waals surface area contributed by atoms with Gasteiger partial charge in [-0.2, -0.15) is 13.2 Å². The van der Waals surface area contributed by atoms with Crippen molar-refractivity contribution in [3.05, 3.63) is 84.0 Å². The number of aliphatic hydroxyl groups excluding tert-OH is 3. The number of halogens is 3. The van der Waals surface area contributed by atoms with Crippen molar-refractivity contribution in [2.45, 2.75) is 82.4 Å². The summed E-state index contributed by atoms with van der Waals surface area (Å²) in [6, 6.07) is 7.92. The number of hydrogen-bond donors (Lipinski definition) is 6. The van der Waals surface area contributed by atoms with Gasteiger partial charge < -0.3 is 39.6 Å². The Labute approximate surface area is 333 Å². The molecule has 0 bridgehead atoms. The van der Waals surface area contributed by atoms with E-state index in [4.69, 9.17) is 29.4 Å². The number of nitrogens with one attached hydrogen (secondary N) is 1. The number of esters is 2. The van der Waals surface area contributed by atoms with Crippen molar-refractivity contribution in [2.75, 3.05) is 26.9 Å². The molecule has 15 nitrogen and oxygen atoms in total. The SMILES string of the molecule is COc1cc(/C=C/C(=O)OCCCCON(O)O)ccc1OC(=O)C(C)NC(=O)CCC/C=C\C[C@@H]1[C@@H](/C=C/[C@@H](O)COc2cccc(C(F)(F)F)c2)[C@H](O)C[C@@H]1O.